The highest BCUT2D eigenvalue weighted by atomic mass is 35.5. The number of carbonyl (C=O) groups is 3. The molecule has 1 saturated heterocycles. The van der Waals surface area contributed by atoms with Crippen LogP contribution in [0.3, 0.4) is 0 Å². The molecule has 1 aliphatic rings. The van der Waals surface area contributed by atoms with Crippen molar-refractivity contribution in [2.75, 3.05) is 10.2 Å². The molecule has 1 N–H and O–H groups in total. The first-order valence-corrected chi connectivity index (χ1v) is 11.7. The Morgan fingerprint density at radius 3 is 1.78 bits per heavy atom. The zero-order valence-electron chi connectivity index (χ0n) is 19.1. The van der Waals surface area contributed by atoms with Crippen molar-refractivity contribution in [3.8, 4) is 0 Å². The maximum absolute atomic E-state index is 14.4. The normalized spacial score (nSPS) is 18.8. The van der Waals surface area contributed by atoms with Crippen LogP contribution in [-0.4, -0.2) is 17.6 Å². The summed E-state index contributed by atoms with van der Waals surface area (Å²) in [4.78, 5) is 43.1. The standard InChI is InChI=1S/C30H21ClN2O3/c31-26(21-13-5-1-6-14-21)25-27(34)28(35)33(24-19-11-4-12-20-24)30(25,22-15-7-2-8-16-22)29(36)32-23-17-9-3-10-18-23/h1-20H,(H,32,36)/b26-25+/t30-/m1/s1. The van der Waals surface area contributed by atoms with Crippen molar-refractivity contribution in [1.82, 2.24) is 0 Å². The quantitative estimate of drug-likeness (QED) is 0.283. The van der Waals surface area contributed by atoms with E-state index in [1.165, 1.54) is 4.90 Å². The Hall–Kier alpha value is -4.48. The second-order valence-corrected chi connectivity index (χ2v) is 8.63. The highest BCUT2D eigenvalue weighted by molar-refractivity contribution is 6.61. The average molecular weight is 493 g/mol. The van der Waals surface area contributed by atoms with Gasteiger partial charge in [0.05, 0.1) is 10.6 Å². The van der Waals surface area contributed by atoms with Gasteiger partial charge in [0, 0.05) is 11.4 Å². The minimum Gasteiger partial charge on any atom is -0.323 e. The van der Waals surface area contributed by atoms with E-state index in [0.29, 0.717) is 22.5 Å². The molecule has 0 spiro atoms. The van der Waals surface area contributed by atoms with Gasteiger partial charge in [-0.15, -0.1) is 0 Å². The van der Waals surface area contributed by atoms with Gasteiger partial charge < -0.3 is 5.32 Å². The van der Waals surface area contributed by atoms with E-state index in [-0.39, 0.29) is 10.6 Å². The molecule has 0 saturated carbocycles. The molecule has 176 valence electrons. The van der Waals surface area contributed by atoms with Gasteiger partial charge in [0.2, 0.25) is 0 Å². The van der Waals surface area contributed by atoms with Gasteiger partial charge in [0.25, 0.3) is 11.7 Å². The van der Waals surface area contributed by atoms with Gasteiger partial charge in [-0.3, -0.25) is 19.3 Å². The van der Waals surface area contributed by atoms with Crippen LogP contribution in [0.4, 0.5) is 11.4 Å². The molecule has 0 unspecified atom stereocenters. The largest absolute Gasteiger partial charge is 0.323 e. The van der Waals surface area contributed by atoms with Crippen molar-refractivity contribution in [3.05, 3.63) is 138 Å². The number of hydrogen-bond acceptors (Lipinski definition) is 3. The topological polar surface area (TPSA) is 66.5 Å². The highest BCUT2D eigenvalue weighted by Gasteiger charge is 2.62. The molecular weight excluding hydrogens is 472 g/mol. The van der Waals surface area contributed by atoms with E-state index in [0.717, 1.165) is 0 Å². The number of rotatable bonds is 5. The molecule has 5 rings (SSSR count). The summed E-state index contributed by atoms with van der Waals surface area (Å²) >= 11 is 6.91. The summed E-state index contributed by atoms with van der Waals surface area (Å²) in [7, 11) is 0. The summed E-state index contributed by atoms with van der Waals surface area (Å²) in [5, 5.41) is 2.96. The van der Waals surface area contributed by atoms with Gasteiger partial charge in [0.1, 0.15) is 0 Å². The number of hydrogen-bond donors (Lipinski definition) is 1. The molecule has 2 amide bonds. The van der Waals surface area contributed by atoms with Crippen LogP contribution in [0, 0.1) is 0 Å². The molecule has 1 fully saturated rings. The van der Waals surface area contributed by atoms with Crippen LogP contribution in [0.15, 0.2) is 127 Å². The van der Waals surface area contributed by atoms with Gasteiger partial charge in [-0.25, -0.2) is 0 Å². The molecule has 1 aliphatic heterocycles. The van der Waals surface area contributed by atoms with Crippen LogP contribution < -0.4 is 10.2 Å². The number of amides is 2. The fraction of sp³-hybridized carbons (Fsp3) is 0.0333. The van der Waals surface area contributed by atoms with Crippen LogP contribution in [-0.2, 0) is 19.9 Å². The molecule has 4 aromatic rings. The van der Waals surface area contributed by atoms with E-state index in [9.17, 15) is 14.4 Å². The van der Waals surface area contributed by atoms with Crippen molar-refractivity contribution >= 4 is 45.6 Å². The number of anilines is 2. The molecule has 5 nitrogen and oxygen atoms in total. The Labute approximate surface area is 213 Å². The zero-order chi connectivity index (χ0) is 25.1. The van der Waals surface area contributed by atoms with E-state index in [1.807, 2.05) is 12.1 Å². The first-order valence-electron chi connectivity index (χ1n) is 11.4. The lowest BCUT2D eigenvalue weighted by atomic mass is 9.80. The number of nitrogens with zero attached hydrogens (tertiary/aromatic N) is 1. The number of ketones is 1. The van der Waals surface area contributed by atoms with E-state index in [2.05, 4.69) is 5.32 Å². The number of para-hydroxylation sites is 2. The highest BCUT2D eigenvalue weighted by Crippen LogP contribution is 2.49. The summed E-state index contributed by atoms with van der Waals surface area (Å²) in [6.07, 6.45) is 0. The summed E-state index contributed by atoms with van der Waals surface area (Å²) in [5.41, 5.74) is -0.0739. The maximum atomic E-state index is 14.4. The summed E-state index contributed by atoms with van der Waals surface area (Å²) in [5.74, 6) is -2.25. The second kappa shape index (κ2) is 9.64. The molecule has 36 heavy (non-hydrogen) atoms. The SMILES string of the molecule is O=C1C(=O)N(c2ccccc2)[C@](C(=O)Nc2ccccc2)(c2ccccc2)/C1=C(/Cl)c1ccccc1. The van der Waals surface area contributed by atoms with E-state index >= 15 is 0 Å². The third-order valence-electron chi connectivity index (χ3n) is 6.13. The van der Waals surface area contributed by atoms with Gasteiger partial charge >= 0.3 is 5.91 Å². The molecule has 0 aliphatic carbocycles. The maximum Gasteiger partial charge on any atom is 0.300 e. The smallest absolute Gasteiger partial charge is 0.300 e. The lowest BCUT2D eigenvalue weighted by molar-refractivity contribution is -0.132. The minimum atomic E-state index is -1.86. The summed E-state index contributed by atoms with van der Waals surface area (Å²) in [6.45, 7) is 0. The van der Waals surface area contributed by atoms with Crippen molar-refractivity contribution < 1.29 is 14.4 Å². The van der Waals surface area contributed by atoms with Crippen molar-refractivity contribution in [3.63, 3.8) is 0 Å². The third-order valence-corrected chi connectivity index (χ3v) is 6.54. The van der Waals surface area contributed by atoms with Crippen LogP contribution in [0.25, 0.3) is 5.03 Å². The molecule has 0 bridgehead atoms. The predicted molar refractivity (Wildman–Crippen MR) is 141 cm³/mol. The Morgan fingerprint density at radius 2 is 1.19 bits per heavy atom. The second-order valence-electron chi connectivity index (χ2n) is 8.26. The molecule has 0 radical (unpaired) electrons. The number of Topliss-reactive ketones (excluding diaryl/α,β-unsaturated/α-hetero) is 1. The minimum absolute atomic E-state index is 0.0412. The number of benzene rings is 4. The van der Waals surface area contributed by atoms with Crippen LogP contribution in [0.5, 0.6) is 0 Å². The molecular formula is C30H21ClN2O3. The summed E-state index contributed by atoms with van der Waals surface area (Å²) in [6, 6.07) is 35.2. The molecule has 0 aromatic heterocycles. The zero-order valence-corrected chi connectivity index (χ0v) is 19.9. The van der Waals surface area contributed by atoms with Crippen LogP contribution >= 0.6 is 11.6 Å². The van der Waals surface area contributed by atoms with E-state index in [1.54, 1.807) is 109 Å². The molecule has 6 heteroatoms. The fourth-order valence-electron chi connectivity index (χ4n) is 4.55. The lowest BCUT2D eigenvalue weighted by Gasteiger charge is -2.38. The molecule has 1 atom stereocenters. The van der Waals surface area contributed by atoms with Gasteiger partial charge in [-0.1, -0.05) is 109 Å². The summed E-state index contributed by atoms with van der Waals surface area (Å²) < 4.78 is 0. The monoisotopic (exact) mass is 492 g/mol. The predicted octanol–water partition coefficient (Wildman–Crippen LogP) is 5.79. The van der Waals surface area contributed by atoms with Crippen molar-refractivity contribution in [2.45, 2.75) is 5.54 Å². The molecule has 4 aromatic carbocycles. The fourth-order valence-corrected chi connectivity index (χ4v) is 4.90. The van der Waals surface area contributed by atoms with Crippen molar-refractivity contribution in [1.29, 1.82) is 0 Å². The van der Waals surface area contributed by atoms with Gasteiger partial charge in [-0.05, 0) is 35.4 Å². The van der Waals surface area contributed by atoms with E-state index in [4.69, 9.17) is 11.6 Å². The third kappa shape index (κ3) is 3.80. The van der Waals surface area contributed by atoms with Gasteiger partial charge in [-0.2, -0.15) is 0 Å². The first kappa shape index (κ1) is 23.3. The van der Waals surface area contributed by atoms with Crippen molar-refractivity contribution in [2.24, 2.45) is 0 Å². The Morgan fingerprint density at radius 1 is 0.694 bits per heavy atom. The molecule has 1 heterocycles. The first-order chi connectivity index (χ1) is 17.5. The number of nitrogens with one attached hydrogen (secondary N) is 1. The Kier molecular flexibility index (Phi) is 6.23. The Bertz CT molecular complexity index is 1460. The average Bonchev–Trinajstić information content (AvgIpc) is 3.17. The van der Waals surface area contributed by atoms with Gasteiger partial charge in [0.15, 0.2) is 5.54 Å². The number of halogens is 1. The lowest BCUT2D eigenvalue weighted by Crippen LogP contribution is -2.53. The van der Waals surface area contributed by atoms with Crippen LogP contribution in [0.1, 0.15) is 11.1 Å². The Balaban J connectivity index is 1.86. The van der Waals surface area contributed by atoms with E-state index < -0.39 is 23.1 Å². The van der Waals surface area contributed by atoms with Crippen LogP contribution in [0.2, 0.25) is 0 Å². The number of carbonyl (C=O) groups excluding carboxylic acids is 3.